The van der Waals surface area contributed by atoms with E-state index in [4.69, 9.17) is 37.4 Å². The maximum Gasteiger partial charge on any atom is 0.261 e. The van der Waals surface area contributed by atoms with Crippen molar-refractivity contribution in [2.24, 2.45) is 0 Å². The molecule has 1 N–H and O–H groups in total. The average molecular weight is 732 g/mol. The first-order valence-electron chi connectivity index (χ1n) is 16.4. The summed E-state index contributed by atoms with van der Waals surface area (Å²) in [6, 6.07) is 14.1. The van der Waals surface area contributed by atoms with Gasteiger partial charge >= 0.3 is 0 Å². The number of hydrogen-bond acceptors (Lipinski definition) is 10. The number of halogens is 2. The number of imide groups is 1. The average Bonchev–Trinajstić information content (AvgIpc) is 3.37. The van der Waals surface area contributed by atoms with Crippen molar-refractivity contribution >= 4 is 63.2 Å². The predicted octanol–water partition coefficient (Wildman–Crippen LogP) is 6.08. The van der Waals surface area contributed by atoms with Crippen LogP contribution in [0.25, 0.3) is 10.9 Å². The van der Waals surface area contributed by atoms with Crippen molar-refractivity contribution in [1.82, 2.24) is 19.7 Å². The van der Waals surface area contributed by atoms with Crippen molar-refractivity contribution in [3.63, 3.8) is 0 Å². The first kappa shape index (κ1) is 35.7. The van der Waals surface area contributed by atoms with Crippen LogP contribution in [0, 0.1) is 18.3 Å². The van der Waals surface area contributed by atoms with Crippen LogP contribution < -0.4 is 19.5 Å². The summed E-state index contributed by atoms with van der Waals surface area (Å²) in [4.78, 5) is 48.2. The third-order valence-electron chi connectivity index (χ3n) is 9.05. The van der Waals surface area contributed by atoms with E-state index in [1.807, 2.05) is 13.0 Å². The Morgan fingerprint density at radius 2 is 1.67 bits per heavy atom. The summed E-state index contributed by atoms with van der Waals surface area (Å²) in [5, 5.41) is 14.4. The van der Waals surface area contributed by atoms with E-state index >= 15 is 0 Å². The molecule has 51 heavy (non-hydrogen) atoms. The Labute approximate surface area is 305 Å². The molecular weight excluding hydrogens is 695 g/mol. The number of hydrogen-bond donors (Lipinski definition) is 1. The first-order valence-corrected chi connectivity index (χ1v) is 17.2. The van der Waals surface area contributed by atoms with Crippen molar-refractivity contribution in [3.8, 4) is 23.3 Å². The van der Waals surface area contributed by atoms with Crippen LogP contribution in [0.1, 0.15) is 44.7 Å². The lowest BCUT2D eigenvalue weighted by Gasteiger charge is -2.35. The number of ether oxygens (including phenoxy) is 3. The Hall–Kier alpha value is -5.09. The number of fused-ring (bicyclic) bond motifs is 2. The van der Waals surface area contributed by atoms with E-state index in [2.05, 4.69) is 21.3 Å². The van der Waals surface area contributed by atoms with Gasteiger partial charge in [0.25, 0.3) is 11.8 Å². The van der Waals surface area contributed by atoms with E-state index in [0.29, 0.717) is 99.0 Å². The highest BCUT2D eigenvalue weighted by atomic mass is 35.5. The van der Waals surface area contributed by atoms with E-state index in [9.17, 15) is 19.6 Å². The largest absolute Gasteiger partial charge is 0.495 e. The zero-order chi connectivity index (χ0) is 36.2. The summed E-state index contributed by atoms with van der Waals surface area (Å²) in [5.41, 5.74) is 3.60. The molecule has 3 amide bonds. The number of anilines is 2. The van der Waals surface area contributed by atoms with Gasteiger partial charge in [0.2, 0.25) is 5.91 Å². The quantitative estimate of drug-likeness (QED) is 0.135. The fourth-order valence-electron chi connectivity index (χ4n) is 6.27. The highest BCUT2D eigenvalue weighted by molar-refractivity contribution is 6.37. The Kier molecular flexibility index (Phi) is 10.8. The molecule has 0 bridgehead atoms. The van der Waals surface area contributed by atoms with Gasteiger partial charge in [0.15, 0.2) is 11.5 Å². The number of piperazine rings is 1. The molecular formula is C37H36Cl2N6O6. The van der Waals surface area contributed by atoms with Crippen LogP contribution in [0.5, 0.6) is 17.2 Å². The van der Waals surface area contributed by atoms with Gasteiger partial charge in [0.1, 0.15) is 11.8 Å². The second-order valence-electron chi connectivity index (χ2n) is 12.3. The molecule has 0 radical (unpaired) electrons. The third-order valence-corrected chi connectivity index (χ3v) is 9.66. The lowest BCUT2D eigenvalue weighted by atomic mass is 10.1. The minimum atomic E-state index is -0.344. The van der Waals surface area contributed by atoms with Crippen molar-refractivity contribution in [2.45, 2.75) is 19.8 Å². The van der Waals surface area contributed by atoms with Crippen LogP contribution in [0.3, 0.4) is 0 Å². The van der Waals surface area contributed by atoms with Crippen LogP contribution in [0.15, 0.2) is 48.7 Å². The number of nitrogens with one attached hydrogen (secondary N) is 1. The summed E-state index contributed by atoms with van der Waals surface area (Å²) in [5.74, 6) is 0.666. The number of nitriles is 1. The fraction of sp³-hybridized carbons (Fsp3) is 0.324. The van der Waals surface area contributed by atoms with E-state index in [1.54, 1.807) is 48.4 Å². The molecule has 0 unspecified atom stereocenters. The Morgan fingerprint density at radius 1 is 0.922 bits per heavy atom. The van der Waals surface area contributed by atoms with E-state index in [-0.39, 0.29) is 30.7 Å². The molecule has 6 rings (SSSR count). The lowest BCUT2D eigenvalue weighted by Crippen LogP contribution is -2.49. The summed E-state index contributed by atoms with van der Waals surface area (Å²) < 4.78 is 17.1. The number of carbonyl (C=O) groups excluding carboxylic acids is 3. The van der Waals surface area contributed by atoms with Crippen LogP contribution in [-0.4, -0.2) is 97.5 Å². The molecule has 1 aromatic heterocycles. The summed E-state index contributed by atoms with van der Waals surface area (Å²) in [6.45, 7) is 5.69. The Bertz CT molecular complexity index is 2060. The number of benzene rings is 3. The zero-order valence-corrected chi connectivity index (χ0v) is 29.9. The van der Waals surface area contributed by atoms with E-state index < -0.39 is 0 Å². The van der Waals surface area contributed by atoms with Gasteiger partial charge in [0, 0.05) is 69.4 Å². The second kappa shape index (κ2) is 15.4. The van der Waals surface area contributed by atoms with Crippen molar-refractivity contribution in [3.05, 3.63) is 81.0 Å². The standard InChI is InChI=1S/C37H36Cl2N6O6/c1-22-5-6-24-25(15-22)37(48)45(36(24)47)9-7-34(46)44-12-10-43(11-13-44)8-4-14-51-33-18-29-26(16-32(33)50-3)35(23(20-40)21-41-29)42-30-19-31(49-2)28(39)17-27(30)38/h5-6,15-19,21H,4,7-14H2,1-3H3,(H,41,42). The molecule has 3 heterocycles. The highest BCUT2D eigenvalue weighted by Crippen LogP contribution is 2.40. The number of aromatic nitrogens is 1. The van der Waals surface area contributed by atoms with E-state index in [1.165, 1.54) is 18.2 Å². The SMILES string of the molecule is COc1cc(Nc2c(C#N)cnc3cc(OCCCN4CCN(C(=O)CCN5C(=O)c6ccc(C)cc6C5=O)CC4)c(OC)cc23)c(Cl)cc1Cl. The highest BCUT2D eigenvalue weighted by Gasteiger charge is 2.36. The van der Waals surface area contributed by atoms with Gasteiger partial charge in [-0.3, -0.25) is 29.2 Å². The van der Waals surface area contributed by atoms with Gasteiger partial charge in [-0.15, -0.1) is 0 Å². The van der Waals surface area contributed by atoms with Crippen LogP contribution in [0.2, 0.25) is 10.0 Å². The summed E-state index contributed by atoms with van der Waals surface area (Å²) in [7, 11) is 3.05. The lowest BCUT2D eigenvalue weighted by molar-refractivity contribution is -0.133. The molecule has 4 aromatic rings. The molecule has 0 spiro atoms. The van der Waals surface area contributed by atoms with Gasteiger partial charge in [-0.1, -0.05) is 34.8 Å². The van der Waals surface area contributed by atoms with Gasteiger partial charge in [-0.2, -0.15) is 5.26 Å². The van der Waals surface area contributed by atoms with Gasteiger partial charge in [0.05, 0.1) is 64.5 Å². The van der Waals surface area contributed by atoms with Gasteiger partial charge in [-0.25, -0.2) is 0 Å². The Morgan fingerprint density at radius 3 is 2.39 bits per heavy atom. The molecule has 264 valence electrons. The molecule has 0 atom stereocenters. The van der Waals surface area contributed by atoms with Crippen LogP contribution in [-0.2, 0) is 4.79 Å². The Balaban J connectivity index is 1.01. The number of carbonyl (C=O) groups is 3. The molecule has 2 aliphatic heterocycles. The smallest absolute Gasteiger partial charge is 0.261 e. The molecule has 1 fully saturated rings. The number of pyridine rings is 1. The first-order chi connectivity index (χ1) is 24.6. The number of rotatable bonds is 12. The van der Waals surface area contributed by atoms with Crippen molar-refractivity contribution in [2.75, 3.05) is 65.4 Å². The molecule has 0 aliphatic carbocycles. The molecule has 14 heteroatoms. The normalized spacial score (nSPS) is 14.4. The van der Waals surface area contributed by atoms with Crippen LogP contribution in [0.4, 0.5) is 11.4 Å². The summed E-state index contributed by atoms with van der Waals surface area (Å²) in [6.07, 6.45) is 2.32. The third kappa shape index (κ3) is 7.51. The topological polar surface area (TPSA) is 137 Å². The molecule has 0 saturated carbocycles. The minimum Gasteiger partial charge on any atom is -0.495 e. The fourth-order valence-corrected chi connectivity index (χ4v) is 6.78. The monoisotopic (exact) mass is 730 g/mol. The van der Waals surface area contributed by atoms with Crippen molar-refractivity contribution < 1.29 is 28.6 Å². The minimum absolute atomic E-state index is 0.0682. The number of amides is 3. The molecule has 1 saturated heterocycles. The number of nitrogens with zero attached hydrogens (tertiary/aromatic N) is 5. The zero-order valence-electron chi connectivity index (χ0n) is 28.4. The van der Waals surface area contributed by atoms with Crippen LogP contribution >= 0.6 is 23.2 Å². The van der Waals surface area contributed by atoms with Gasteiger partial charge < -0.3 is 24.4 Å². The maximum atomic E-state index is 13.0. The number of methoxy groups -OCH3 is 2. The predicted molar refractivity (Wildman–Crippen MR) is 194 cm³/mol. The molecule has 12 nitrogen and oxygen atoms in total. The maximum absolute atomic E-state index is 13.0. The molecule has 3 aromatic carbocycles. The van der Waals surface area contributed by atoms with Gasteiger partial charge in [-0.05, 0) is 37.6 Å². The van der Waals surface area contributed by atoms with E-state index in [0.717, 1.165) is 18.5 Å². The summed E-state index contributed by atoms with van der Waals surface area (Å²) >= 11 is 12.7. The molecule has 2 aliphatic rings. The second-order valence-corrected chi connectivity index (χ2v) is 13.1. The van der Waals surface area contributed by atoms with Crippen molar-refractivity contribution in [1.29, 1.82) is 5.26 Å². The number of aryl methyl sites for hydroxylation is 1.